The summed E-state index contributed by atoms with van der Waals surface area (Å²) >= 11 is 0. The molecule has 0 aromatic heterocycles. The summed E-state index contributed by atoms with van der Waals surface area (Å²) in [6.45, 7) is 7.78. The van der Waals surface area contributed by atoms with E-state index in [1.54, 1.807) is 0 Å². The molecule has 0 saturated carbocycles. The Hall–Kier alpha value is -1.06. The molecule has 3 heteroatoms. The van der Waals surface area contributed by atoms with Gasteiger partial charge in [0.05, 0.1) is 0 Å². The smallest absolute Gasteiger partial charge is 0.0367 e. The molecule has 2 N–H and O–H groups in total. The summed E-state index contributed by atoms with van der Waals surface area (Å²) in [6.07, 6.45) is 3.66. The summed E-state index contributed by atoms with van der Waals surface area (Å²) < 4.78 is 0. The Balaban J connectivity index is 1.73. The lowest BCUT2D eigenvalue weighted by atomic mass is 10.1. The van der Waals surface area contributed by atoms with Crippen LogP contribution in [0.1, 0.15) is 26.2 Å². The van der Waals surface area contributed by atoms with Crippen LogP contribution >= 0.6 is 0 Å². The molecular weight excluding hydrogens is 234 g/mol. The zero-order valence-corrected chi connectivity index (χ0v) is 12.1. The van der Waals surface area contributed by atoms with Crippen molar-refractivity contribution in [2.75, 3.05) is 37.6 Å². The van der Waals surface area contributed by atoms with Crippen LogP contribution in [0.4, 0.5) is 5.69 Å². The molecule has 1 atom stereocenters. The van der Waals surface area contributed by atoms with E-state index < -0.39 is 0 Å². The Labute approximate surface area is 117 Å². The lowest BCUT2D eigenvalue weighted by Gasteiger charge is -2.37. The van der Waals surface area contributed by atoms with Crippen molar-refractivity contribution in [1.29, 1.82) is 0 Å². The minimum absolute atomic E-state index is 0.350. The summed E-state index contributed by atoms with van der Waals surface area (Å²) in [7, 11) is 0. The number of benzene rings is 1. The minimum atomic E-state index is 0.350. The maximum absolute atomic E-state index is 6.18. The van der Waals surface area contributed by atoms with Crippen LogP contribution in [0.3, 0.4) is 0 Å². The normalized spacial score (nSPS) is 18.5. The summed E-state index contributed by atoms with van der Waals surface area (Å²) in [5, 5.41) is 0. The molecule has 1 aromatic rings. The third-order valence-corrected chi connectivity index (χ3v) is 3.91. The number of hydrogen-bond donors (Lipinski definition) is 1. The molecule has 3 nitrogen and oxygen atoms in total. The molecule has 1 unspecified atom stereocenters. The molecule has 0 bridgehead atoms. The van der Waals surface area contributed by atoms with Crippen molar-refractivity contribution in [2.24, 2.45) is 5.73 Å². The predicted octanol–water partition coefficient (Wildman–Crippen LogP) is 2.33. The Bertz CT molecular complexity index is 344. The highest BCUT2D eigenvalue weighted by molar-refractivity contribution is 5.46. The van der Waals surface area contributed by atoms with E-state index in [0.29, 0.717) is 6.04 Å². The van der Waals surface area contributed by atoms with E-state index in [9.17, 15) is 0 Å². The third-order valence-electron chi connectivity index (χ3n) is 3.91. The summed E-state index contributed by atoms with van der Waals surface area (Å²) in [5.74, 6) is 0. The molecule has 0 amide bonds. The second kappa shape index (κ2) is 7.51. The summed E-state index contributed by atoms with van der Waals surface area (Å²) in [4.78, 5) is 4.98. The average molecular weight is 261 g/mol. The van der Waals surface area contributed by atoms with Crippen molar-refractivity contribution >= 4 is 5.69 Å². The minimum Gasteiger partial charge on any atom is -0.369 e. The van der Waals surface area contributed by atoms with Crippen molar-refractivity contribution in [3.05, 3.63) is 30.3 Å². The van der Waals surface area contributed by atoms with Crippen LogP contribution in [0.5, 0.6) is 0 Å². The van der Waals surface area contributed by atoms with Crippen LogP contribution in [-0.2, 0) is 0 Å². The van der Waals surface area contributed by atoms with Gasteiger partial charge in [0, 0.05) is 44.5 Å². The van der Waals surface area contributed by atoms with Gasteiger partial charge in [0.15, 0.2) is 0 Å². The molecular formula is C16H27N3. The van der Waals surface area contributed by atoms with Crippen LogP contribution < -0.4 is 10.6 Å². The van der Waals surface area contributed by atoms with Crippen LogP contribution in [0.2, 0.25) is 0 Å². The van der Waals surface area contributed by atoms with Gasteiger partial charge in [-0.15, -0.1) is 0 Å². The van der Waals surface area contributed by atoms with Crippen LogP contribution in [-0.4, -0.2) is 43.7 Å². The molecule has 0 spiro atoms. The summed E-state index contributed by atoms with van der Waals surface area (Å²) in [5.41, 5.74) is 7.53. The van der Waals surface area contributed by atoms with Crippen LogP contribution in [0, 0.1) is 0 Å². The van der Waals surface area contributed by atoms with Gasteiger partial charge in [0.1, 0.15) is 0 Å². The van der Waals surface area contributed by atoms with Gasteiger partial charge in [0.2, 0.25) is 0 Å². The van der Waals surface area contributed by atoms with Gasteiger partial charge in [-0.3, -0.25) is 4.90 Å². The third kappa shape index (κ3) is 4.51. The molecule has 1 aliphatic heterocycles. The average Bonchev–Trinajstić information content (AvgIpc) is 2.47. The fraction of sp³-hybridized carbons (Fsp3) is 0.625. The quantitative estimate of drug-likeness (QED) is 0.853. The Kier molecular flexibility index (Phi) is 5.67. The number of anilines is 1. The zero-order chi connectivity index (χ0) is 13.5. The summed E-state index contributed by atoms with van der Waals surface area (Å²) in [6, 6.07) is 11.0. The van der Waals surface area contributed by atoms with Gasteiger partial charge in [-0.2, -0.15) is 0 Å². The molecule has 106 valence electrons. The number of unbranched alkanes of at least 4 members (excludes halogenated alkanes) is 1. The van der Waals surface area contributed by atoms with E-state index >= 15 is 0 Å². The molecule has 0 radical (unpaired) electrons. The highest BCUT2D eigenvalue weighted by atomic mass is 15.3. The first-order valence-electron chi connectivity index (χ1n) is 7.57. The standard InChI is InChI=1S/C16H27N3/c1-2-3-7-15(17)14-18-10-12-19(13-11-18)16-8-5-4-6-9-16/h4-6,8-9,15H,2-3,7,10-14,17H2,1H3. The largest absolute Gasteiger partial charge is 0.369 e. The Morgan fingerprint density at radius 1 is 1.11 bits per heavy atom. The van der Waals surface area contributed by atoms with Crippen LogP contribution in [0.15, 0.2) is 30.3 Å². The maximum atomic E-state index is 6.18. The first kappa shape index (κ1) is 14.4. The van der Waals surface area contributed by atoms with E-state index in [4.69, 9.17) is 5.73 Å². The fourth-order valence-corrected chi connectivity index (χ4v) is 2.72. The molecule has 1 heterocycles. The highest BCUT2D eigenvalue weighted by Crippen LogP contribution is 2.15. The molecule has 19 heavy (non-hydrogen) atoms. The number of piperazine rings is 1. The van der Waals surface area contributed by atoms with Crippen molar-refractivity contribution < 1.29 is 0 Å². The van der Waals surface area contributed by atoms with E-state index in [0.717, 1.165) is 39.1 Å². The predicted molar refractivity (Wildman–Crippen MR) is 82.6 cm³/mol. The number of rotatable bonds is 6. The topological polar surface area (TPSA) is 32.5 Å². The molecule has 0 aliphatic carbocycles. The first-order chi connectivity index (χ1) is 9.29. The number of nitrogens with two attached hydrogens (primary N) is 1. The number of para-hydroxylation sites is 1. The van der Waals surface area contributed by atoms with Gasteiger partial charge < -0.3 is 10.6 Å². The number of nitrogens with zero attached hydrogens (tertiary/aromatic N) is 2. The van der Waals surface area contributed by atoms with E-state index in [1.807, 2.05) is 0 Å². The van der Waals surface area contributed by atoms with Gasteiger partial charge in [-0.1, -0.05) is 38.0 Å². The molecule has 1 aromatic carbocycles. The van der Waals surface area contributed by atoms with Crippen molar-refractivity contribution in [3.8, 4) is 0 Å². The Morgan fingerprint density at radius 3 is 2.42 bits per heavy atom. The monoisotopic (exact) mass is 261 g/mol. The van der Waals surface area contributed by atoms with E-state index in [2.05, 4.69) is 47.1 Å². The SMILES string of the molecule is CCCCC(N)CN1CCN(c2ccccc2)CC1. The maximum Gasteiger partial charge on any atom is 0.0367 e. The van der Waals surface area contributed by atoms with Crippen LogP contribution in [0.25, 0.3) is 0 Å². The second-order valence-electron chi connectivity index (χ2n) is 5.53. The lowest BCUT2D eigenvalue weighted by Crippen LogP contribution is -2.49. The zero-order valence-electron chi connectivity index (χ0n) is 12.1. The Morgan fingerprint density at radius 2 is 1.79 bits per heavy atom. The van der Waals surface area contributed by atoms with Crippen molar-refractivity contribution in [2.45, 2.75) is 32.2 Å². The van der Waals surface area contributed by atoms with Gasteiger partial charge >= 0.3 is 0 Å². The van der Waals surface area contributed by atoms with E-state index in [1.165, 1.54) is 18.5 Å². The van der Waals surface area contributed by atoms with Gasteiger partial charge in [-0.25, -0.2) is 0 Å². The first-order valence-corrected chi connectivity index (χ1v) is 7.57. The number of hydrogen-bond acceptors (Lipinski definition) is 3. The molecule has 2 rings (SSSR count). The molecule has 1 saturated heterocycles. The van der Waals surface area contributed by atoms with Crippen molar-refractivity contribution in [3.63, 3.8) is 0 Å². The van der Waals surface area contributed by atoms with Gasteiger partial charge in [-0.05, 0) is 18.6 Å². The van der Waals surface area contributed by atoms with Gasteiger partial charge in [0.25, 0.3) is 0 Å². The highest BCUT2D eigenvalue weighted by Gasteiger charge is 2.18. The molecule has 1 fully saturated rings. The lowest BCUT2D eigenvalue weighted by molar-refractivity contribution is 0.238. The van der Waals surface area contributed by atoms with E-state index in [-0.39, 0.29) is 0 Å². The van der Waals surface area contributed by atoms with Crippen molar-refractivity contribution in [1.82, 2.24) is 4.90 Å². The fourth-order valence-electron chi connectivity index (χ4n) is 2.72. The second-order valence-corrected chi connectivity index (χ2v) is 5.53. The molecule has 1 aliphatic rings.